The number of hydrogen-bond donors (Lipinski definition) is 2. The number of rotatable bonds is 7. The molecule has 0 spiro atoms. The van der Waals surface area contributed by atoms with Gasteiger partial charge < -0.3 is 10.5 Å². The van der Waals surface area contributed by atoms with E-state index in [4.69, 9.17) is 22.7 Å². The van der Waals surface area contributed by atoms with Crippen LogP contribution < -0.4 is 15.2 Å². The van der Waals surface area contributed by atoms with Crippen molar-refractivity contribution in [1.29, 1.82) is 0 Å². The normalized spacial score (nSPS) is 14.6. The Labute approximate surface area is 125 Å². The number of ether oxygens (including phenoxy) is 1. The van der Waals surface area contributed by atoms with E-state index in [-0.39, 0.29) is 11.0 Å². The van der Waals surface area contributed by atoms with Crippen LogP contribution in [0.1, 0.15) is 31.9 Å². The van der Waals surface area contributed by atoms with E-state index in [0.717, 1.165) is 11.3 Å². The molecule has 0 saturated heterocycles. The third-order valence-corrected chi connectivity index (χ3v) is 5.47. The summed E-state index contributed by atoms with van der Waals surface area (Å²) in [5.74, 6) is 0.721. The van der Waals surface area contributed by atoms with Crippen LogP contribution in [-0.2, 0) is 10.0 Å². The molecule has 3 N–H and O–H groups in total. The molecule has 1 aromatic carbocycles. The zero-order valence-corrected chi connectivity index (χ0v) is 13.4. The highest BCUT2D eigenvalue weighted by molar-refractivity contribution is 7.93. The van der Waals surface area contributed by atoms with Crippen molar-refractivity contribution < 1.29 is 13.2 Å². The van der Waals surface area contributed by atoms with Crippen molar-refractivity contribution in [2.45, 2.75) is 31.6 Å². The Kier molecular flexibility index (Phi) is 5.91. The molecule has 0 bridgehead atoms. The molecule has 1 aromatic rings. The molecular weight excluding hydrogens is 296 g/mol. The monoisotopic (exact) mass is 316 g/mol. The Morgan fingerprint density at radius 2 is 1.95 bits per heavy atom. The SMILES string of the molecule is CCC(C(N)=S)S(=O)(=O)NC(C)c1ccc(OC)cc1. The molecule has 0 radical (unpaired) electrons. The van der Waals surface area contributed by atoms with Crippen molar-refractivity contribution in [2.75, 3.05) is 7.11 Å². The van der Waals surface area contributed by atoms with E-state index in [1.54, 1.807) is 33.1 Å². The van der Waals surface area contributed by atoms with E-state index >= 15 is 0 Å². The Bertz CT molecular complexity index is 555. The predicted molar refractivity (Wildman–Crippen MR) is 84.3 cm³/mol. The molecule has 2 unspecified atom stereocenters. The second-order valence-electron chi connectivity index (χ2n) is 4.46. The number of nitrogens with two attached hydrogens (primary N) is 1. The van der Waals surface area contributed by atoms with Crippen LogP contribution in [-0.4, -0.2) is 25.8 Å². The van der Waals surface area contributed by atoms with Crippen molar-refractivity contribution in [2.24, 2.45) is 5.73 Å². The zero-order valence-electron chi connectivity index (χ0n) is 11.8. The standard InChI is InChI=1S/C13H20N2O3S2/c1-4-12(13(14)19)20(16,17)15-9(2)10-5-7-11(18-3)8-6-10/h5-9,12,15H,4H2,1-3H3,(H2,14,19). The molecule has 1 rings (SSSR count). The maximum Gasteiger partial charge on any atom is 0.221 e. The van der Waals surface area contributed by atoms with Gasteiger partial charge in [0.05, 0.1) is 12.1 Å². The maximum atomic E-state index is 12.2. The largest absolute Gasteiger partial charge is 0.497 e. The first-order chi connectivity index (χ1) is 9.31. The van der Waals surface area contributed by atoms with E-state index in [9.17, 15) is 8.42 Å². The average molecular weight is 316 g/mol. The van der Waals surface area contributed by atoms with Gasteiger partial charge in [0, 0.05) is 6.04 Å². The molecule has 0 aliphatic rings. The highest BCUT2D eigenvalue weighted by Gasteiger charge is 2.28. The molecule has 0 aromatic heterocycles. The van der Waals surface area contributed by atoms with Crippen molar-refractivity contribution >= 4 is 27.2 Å². The van der Waals surface area contributed by atoms with Crippen LogP contribution in [0.25, 0.3) is 0 Å². The summed E-state index contributed by atoms with van der Waals surface area (Å²) in [6, 6.07) is 6.83. The zero-order chi connectivity index (χ0) is 15.3. The van der Waals surface area contributed by atoms with Gasteiger partial charge in [-0.05, 0) is 31.0 Å². The molecule has 0 amide bonds. The van der Waals surface area contributed by atoms with Gasteiger partial charge in [0.25, 0.3) is 0 Å². The fourth-order valence-electron chi connectivity index (χ4n) is 1.86. The highest BCUT2D eigenvalue weighted by atomic mass is 32.2. The van der Waals surface area contributed by atoms with E-state index in [2.05, 4.69) is 4.72 Å². The highest BCUT2D eigenvalue weighted by Crippen LogP contribution is 2.19. The minimum atomic E-state index is -3.58. The van der Waals surface area contributed by atoms with Crippen molar-refractivity contribution in [3.8, 4) is 5.75 Å². The van der Waals surface area contributed by atoms with Crippen LogP contribution in [0.5, 0.6) is 5.75 Å². The first kappa shape index (κ1) is 16.9. The van der Waals surface area contributed by atoms with Crippen LogP contribution in [0.15, 0.2) is 24.3 Å². The molecule has 0 aliphatic heterocycles. The van der Waals surface area contributed by atoms with Crippen molar-refractivity contribution in [3.05, 3.63) is 29.8 Å². The number of hydrogen-bond acceptors (Lipinski definition) is 4. The van der Waals surface area contributed by atoms with Crippen LogP contribution in [0, 0.1) is 0 Å². The van der Waals surface area contributed by atoms with Gasteiger partial charge in [-0.25, -0.2) is 13.1 Å². The van der Waals surface area contributed by atoms with E-state index in [1.807, 2.05) is 12.1 Å². The van der Waals surface area contributed by atoms with E-state index in [0.29, 0.717) is 6.42 Å². The molecular formula is C13H20N2O3S2. The van der Waals surface area contributed by atoms with Gasteiger partial charge in [0.1, 0.15) is 11.0 Å². The summed E-state index contributed by atoms with van der Waals surface area (Å²) in [4.78, 5) is -0.0121. The topological polar surface area (TPSA) is 81.4 Å². The quantitative estimate of drug-likeness (QED) is 0.749. The molecule has 2 atom stereocenters. The Morgan fingerprint density at radius 1 is 1.40 bits per heavy atom. The summed E-state index contributed by atoms with van der Waals surface area (Å²) in [6.07, 6.45) is 0.347. The van der Waals surface area contributed by atoms with Crippen LogP contribution >= 0.6 is 12.2 Å². The molecule has 7 heteroatoms. The summed E-state index contributed by atoms with van der Waals surface area (Å²) in [5, 5.41) is -0.849. The number of thiocarbonyl (C=S) groups is 1. The molecule has 112 valence electrons. The van der Waals surface area contributed by atoms with Crippen LogP contribution in [0.2, 0.25) is 0 Å². The van der Waals surface area contributed by atoms with E-state index < -0.39 is 15.3 Å². The summed E-state index contributed by atoms with van der Waals surface area (Å²) < 4.78 is 32.1. The first-order valence-corrected chi connectivity index (χ1v) is 8.21. The van der Waals surface area contributed by atoms with Crippen LogP contribution in [0.4, 0.5) is 0 Å². The molecule has 0 heterocycles. The summed E-state index contributed by atoms with van der Waals surface area (Å²) in [6.45, 7) is 3.51. The lowest BCUT2D eigenvalue weighted by Crippen LogP contribution is -2.42. The van der Waals surface area contributed by atoms with Gasteiger partial charge >= 0.3 is 0 Å². The van der Waals surface area contributed by atoms with Crippen molar-refractivity contribution in [1.82, 2.24) is 4.72 Å². The number of methoxy groups -OCH3 is 1. The molecule has 20 heavy (non-hydrogen) atoms. The second-order valence-corrected chi connectivity index (χ2v) is 6.82. The molecule has 5 nitrogen and oxygen atoms in total. The second kappa shape index (κ2) is 7.01. The Morgan fingerprint density at radius 3 is 2.35 bits per heavy atom. The number of benzene rings is 1. The number of nitrogens with one attached hydrogen (secondary N) is 1. The van der Waals surface area contributed by atoms with Gasteiger partial charge in [-0.2, -0.15) is 0 Å². The third kappa shape index (κ3) is 4.16. The minimum absolute atomic E-state index is 0.0121. The van der Waals surface area contributed by atoms with Gasteiger partial charge in [0.2, 0.25) is 10.0 Å². The lowest BCUT2D eigenvalue weighted by molar-refractivity contribution is 0.414. The molecule has 0 fully saturated rings. The van der Waals surface area contributed by atoms with Gasteiger partial charge in [-0.3, -0.25) is 0 Å². The van der Waals surface area contributed by atoms with Gasteiger partial charge in [-0.15, -0.1) is 0 Å². The fraction of sp³-hybridized carbons (Fsp3) is 0.462. The molecule has 0 aliphatic carbocycles. The van der Waals surface area contributed by atoms with Crippen molar-refractivity contribution in [3.63, 3.8) is 0 Å². The Balaban J connectivity index is 2.87. The van der Waals surface area contributed by atoms with Gasteiger partial charge in [0.15, 0.2) is 0 Å². The molecule has 0 saturated carbocycles. The first-order valence-electron chi connectivity index (χ1n) is 6.26. The van der Waals surface area contributed by atoms with Gasteiger partial charge in [-0.1, -0.05) is 31.3 Å². The average Bonchev–Trinajstić information content (AvgIpc) is 2.38. The third-order valence-electron chi connectivity index (χ3n) is 3.02. The Hall–Kier alpha value is -1.18. The summed E-state index contributed by atoms with van der Waals surface area (Å²) >= 11 is 4.81. The smallest absolute Gasteiger partial charge is 0.221 e. The fourth-order valence-corrected chi connectivity index (χ4v) is 3.95. The lowest BCUT2D eigenvalue weighted by Gasteiger charge is -2.20. The maximum absolute atomic E-state index is 12.2. The lowest BCUT2D eigenvalue weighted by atomic mass is 10.1. The van der Waals surface area contributed by atoms with E-state index in [1.165, 1.54) is 0 Å². The van der Waals surface area contributed by atoms with Crippen LogP contribution in [0.3, 0.4) is 0 Å². The summed E-state index contributed by atoms with van der Waals surface area (Å²) in [5.41, 5.74) is 6.32. The number of sulfonamides is 1. The minimum Gasteiger partial charge on any atom is -0.497 e. The predicted octanol–water partition coefficient (Wildman–Crippen LogP) is 1.74. The summed E-state index contributed by atoms with van der Waals surface area (Å²) in [7, 11) is -2.00.